The molecule has 0 saturated heterocycles. The van der Waals surface area contributed by atoms with E-state index in [1.807, 2.05) is 0 Å². The quantitative estimate of drug-likeness (QED) is 0.761. The number of amides is 2. The summed E-state index contributed by atoms with van der Waals surface area (Å²) in [5, 5.41) is 0. The maximum Gasteiger partial charge on any atom is 0.315 e. The molecule has 7 nitrogen and oxygen atoms in total. The molecule has 0 radical (unpaired) electrons. The van der Waals surface area contributed by atoms with Gasteiger partial charge >= 0.3 is 5.97 Å². The average Bonchev–Trinajstić information content (AvgIpc) is 2.53. The number of carbonyl (C=O) groups is 3. The molecular formula is C15H18N2O5S. The van der Waals surface area contributed by atoms with Gasteiger partial charge in [0.25, 0.3) is 5.91 Å². The first-order valence-corrected chi connectivity index (χ1v) is 8.27. The number of para-hydroxylation sites is 2. The number of nitrogens with zero attached hydrogens (tertiary/aromatic N) is 1. The first kappa shape index (κ1) is 17.1. The van der Waals surface area contributed by atoms with Crippen LogP contribution in [0.25, 0.3) is 0 Å². The van der Waals surface area contributed by atoms with Gasteiger partial charge in [-0.2, -0.15) is 0 Å². The predicted molar refractivity (Wildman–Crippen MR) is 86.4 cm³/mol. The zero-order valence-electron chi connectivity index (χ0n) is 12.7. The number of ether oxygens (including phenoxy) is 2. The summed E-state index contributed by atoms with van der Waals surface area (Å²) in [7, 11) is 0. The molecule has 2 rings (SSSR count). The molecule has 1 atom stereocenters. The van der Waals surface area contributed by atoms with E-state index in [0.717, 1.165) is 11.8 Å². The predicted octanol–water partition coefficient (Wildman–Crippen LogP) is 0.562. The van der Waals surface area contributed by atoms with Crippen LogP contribution in [0, 0.1) is 0 Å². The van der Waals surface area contributed by atoms with Crippen molar-refractivity contribution in [3.63, 3.8) is 0 Å². The SMILES string of the molecule is CCOC(=O)CSCC(=O)N1CC(C(N)=O)Oc2ccccc21. The number of benzene rings is 1. The zero-order chi connectivity index (χ0) is 16.8. The van der Waals surface area contributed by atoms with E-state index in [-0.39, 0.29) is 29.9 Å². The summed E-state index contributed by atoms with van der Waals surface area (Å²) < 4.78 is 10.3. The summed E-state index contributed by atoms with van der Waals surface area (Å²) in [6.07, 6.45) is -0.885. The Hall–Kier alpha value is -2.22. The topological polar surface area (TPSA) is 98.9 Å². The normalized spacial score (nSPS) is 16.2. The van der Waals surface area contributed by atoms with E-state index >= 15 is 0 Å². The lowest BCUT2D eigenvalue weighted by molar-refractivity contribution is -0.139. The van der Waals surface area contributed by atoms with E-state index in [0.29, 0.717) is 18.0 Å². The Labute approximate surface area is 138 Å². The molecule has 0 saturated carbocycles. The Kier molecular flexibility index (Phi) is 5.86. The van der Waals surface area contributed by atoms with Crippen LogP contribution in [0.1, 0.15) is 6.92 Å². The number of hydrogen-bond acceptors (Lipinski definition) is 6. The summed E-state index contributed by atoms with van der Waals surface area (Å²) in [4.78, 5) is 36.6. The number of anilines is 1. The largest absolute Gasteiger partial charge is 0.477 e. The maximum atomic E-state index is 12.4. The van der Waals surface area contributed by atoms with Crippen LogP contribution in [0.4, 0.5) is 5.69 Å². The molecule has 124 valence electrons. The van der Waals surface area contributed by atoms with Gasteiger partial charge in [0.1, 0.15) is 5.75 Å². The number of rotatable bonds is 6. The van der Waals surface area contributed by atoms with Crippen LogP contribution in [-0.4, -0.2) is 48.5 Å². The van der Waals surface area contributed by atoms with Gasteiger partial charge in [0.05, 0.1) is 30.3 Å². The average molecular weight is 338 g/mol. The van der Waals surface area contributed by atoms with Crippen LogP contribution in [0.5, 0.6) is 5.75 Å². The van der Waals surface area contributed by atoms with Crippen molar-refractivity contribution >= 4 is 35.2 Å². The zero-order valence-corrected chi connectivity index (χ0v) is 13.5. The van der Waals surface area contributed by atoms with Crippen molar-refractivity contribution in [2.45, 2.75) is 13.0 Å². The van der Waals surface area contributed by atoms with Gasteiger partial charge in [-0.25, -0.2) is 0 Å². The fourth-order valence-corrected chi connectivity index (χ4v) is 2.80. The molecule has 0 aromatic heterocycles. The molecule has 1 aromatic carbocycles. The summed E-state index contributed by atoms with van der Waals surface area (Å²) in [5.74, 6) is -0.574. The minimum Gasteiger partial charge on any atom is -0.477 e. The van der Waals surface area contributed by atoms with Crippen LogP contribution in [0.2, 0.25) is 0 Å². The Balaban J connectivity index is 2.03. The Bertz CT molecular complexity index is 607. The third kappa shape index (κ3) is 4.38. The number of primary amides is 1. The monoisotopic (exact) mass is 338 g/mol. The first-order chi connectivity index (χ1) is 11.0. The smallest absolute Gasteiger partial charge is 0.315 e. The fraction of sp³-hybridized carbons (Fsp3) is 0.400. The highest BCUT2D eigenvalue weighted by atomic mass is 32.2. The van der Waals surface area contributed by atoms with E-state index in [2.05, 4.69) is 0 Å². The van der Waals surface area contributed by atoms with Crippen molar-refractivity contribution in [2.75, 3.05) is 29.6 Å². The molecule has 0 spiro atoms. The van der Waals surface area contributed by atoms with Crippen molar-refractivity contribution < 1.29 is 23.9 Å². The molecule has 1 heterocycles. The Morgan fingerprint density at radius 1 is 1.35 bits per heavy atom. The molecular weight excluding hydrogens is 320 g/mol. The van der Waals surface area contributed by atoms with Crippen LogP contribution in [0.15, 0.2) is 24.3 Å². The molecule has 2 N–H and O–H groups in total. The molecule has 0 bridgehead atoms. The number of esters is 1. The lowest BCUT2D eigenvalue weighted by Gasteiger charge is -2.33. The highest BCUT2D eigenvalue weighted by Gasteiger charge is 2.32. The molecule has 23 heavy (non-hydrogen) atoms. The standard InChI is InChI=1S/C15H18N2O5S/c1-2-21-14(19)9-23-8-13(18)17-7-12(15(16)20)22-11-6-4-3-5-10(11)17/h3-6,12H,2,7-9H2,1H3,(H2,16,20). The van der Waals surface area contributed by atoms with Crippen molar-refractivity contribution in [3.05, 3.63) is 24.3 Å². The Morgan fingerprint density at radius 2 is 2.09 bits per heavy atom. The van der Waals surface area contributed by atoms with E-state index in [4.69, 9.17) is 15.2 Å². The van der Waals surface area contributed by atoms with Crippen molar-refractivity contribution in [3.8, 4) is 5.75 Å². The number of hydrogen-bond donors (Lipinski definition) is 1. The number of fused-ring (bicyclic) bond motifs is 1. The minimum absolute atomic E-state index is 0.0607. The summed E-state index contributed by atoms with van der Waals surface area (Å²) >= 11 is 1.16. The molecule has 0 fully saturated rings. The Morgan fingerprint density at radius 3 is 2.78 bits per heavy atom. The van der Waals surface area contributed by atoms with E-state index in [9.17, 15) is 14.4 Å². The van der Waals surface area contributed by atoms with Crippen LogP contribution >= 0.6 is 11.8 Å². The van der Waals surface area contributed by atoms with Gasteiger partial charge < -0.3 is 20.1 Å². The lowest BCUT2D eigenvalue weighted by Crippen LogP contribution is -2.49. The van der Waals surface area contributed by atoms with Gasteiger partial charge in [0.15, 0.2) is 6.10 Å². The number of thioether (sulfide) groups is 1. The van der Waals surface area contributed by atoms with Gasteiger partial charge in [0.2, 0.25) is 5.91 Å². The molecule has 8 heteroatoms. The molecule has 1 unspecified atom stereocenters. The van der Waals surface area contributed by atoms with Crippen molar-refractivity contribution in [1.29, 1.82) is 0 Å². The molecule has 1 aromatic rings. The van der Waals surface area contributed by atoms with Crippen LogP contribution in [-0.2, 0) is 19.1 Å². The third-order valence-electron chi connectivity index (χ3n) is 3.14. The highest BCUT2D eigenvalue weighted by molar-refractivity contribution is 8.00. The molecule has 1 aliphatic rings. The van der Waals surface area contributed by atoms with Gasteiger partial charge in [-0.3, -0.25) is 14.4 Å². The number of carbonyl (C=O) groups excluding carboxylic acids is 3. The summed E-state index contributed by atoms with van der Waals surface area (Å²) in [6, 6.07) is 6.94. The maximum absolute atomic E-state index is 12.4. The van der Waals surface area contributed by atoms with E-state index < -0.39 is 12.0 Å². The van der Waals surface area contributed by atoms with Crippen molar-refractivity contribution in [1.82, 2.24) is 0 Å². The van der Waals surface area contributed by atoms with Gasteiger partial charge in [-0.1, -0.05) is 12.1 Å². The van der Waals surface area contributed by atoms with Crippen LogP contribution < -0.4 is 15.4 Å². The first-order valence-electron chi connectivity index (χ1n) is 7.11. The summed E-state index contributed by atoms with van der Waals surface area (Å²) in [6.45, 7) is 2.10. The van der Waals surface area contributed by atoms with Crippen LogP contribution in [0.3, 0.4) is 0 Å². The second-order valence-electron chi connectivity index (χ2n) is 4.78. The molecule has 0 aliphatic carbocycles. The third-order valence-corrected chi connectivity index (χ3v) is 4.03. The van der Waals surface area contributed by atoms with Gasteiger partial charge in [-0.15, -0.1) is 11.8 Å². The highest BCUT2D eigenvalue weighted by Crippen LogP contribution is 2.33. The fourth-order valence-electron chi connectivity index (χ4n) is 2.12. The van der Waals surface area contributed by atoms with Crippen molar-refractivity contribution in [2.24, 2.45) is 5.73 Å². The second kappa shape index (κ2) is 7.87. The van der Waals surface area contributed by atoms with Gasteiger partial charge in [-0.05, 0) is 19.1 Å². The minimum atomic E-state index is -0.885. The van der Waals surface area contributed by atoms with E-state index in [1.54, 1.807) is 31.2 Å². The lowest BCUT2D eigenvalue weighted by atomic mass is 10.2. The second-order valence-corrected chi connectivity index (χ2v) is 5.76. The van der Waals surface area contributed by atoms with E-state index in [1.165, 1.54) is 4.90 Å². The number of nitrogens with two attached hydrogens (primary N) is 1. The molecule has 1 aliphatic heterocycles. The summed E-state index contributed by atoms with van der Waals surface area (Å²) in [5.41, 5.74) is 5.88. The molecule has 2 amide bonds. The van der Waals surface area contributed by atoms with Gasteiger partial charge in [0, 0.05) is 0 Å².